The number of nitrogens with one attached hydrogen (secondary N) is 4. The predicted octanol–water partition coefficient (Wildman–Crippen LogP) is 4.56. The number of hydrogen-bond acceptors (Lipinski definition) is 13. The van der Waals surface area contributed by atoms with Gasteiger partial charge >= 0.3 is 0 Å². The number of benzene rings is 1. The first-order chi connectivity index (χ1) is 30.5. The normalized spacial score (nSPS) is 18.6. The van der Waals surface area contributed by atoms with E-state index in [1.54, 1.807) is 37.7 Å². The van der Waals surface area contributed by atoms with Gasteiger partial charge in [0, 0.05) is 100 Å². The first-order valence-electron chi connectivity index (χ1n) is 22.0. The third-order valence-corrected chi connectivity index (χ3v) is 12.5. The van der Waals surface area contributed by atoms with E-state index < -0.39 is 29.7 Å². The van der Waals surface area contributed by atoms with Crippen molar-refractivity contribution in [2.75, 3.05) is 55.4 Å². The molecule has 0 spiro atoms. The molecule has 0 bridgehead atoms. The van der Waals surface area contributed by atoms with Crippen LogP contribution in [-0.4, -0.2) is 123 Å². The summed E-state index contributed by atoms with van der Waals surface area (Å²) in [5.74, 6) is -0.330. The van der Waals surface area contributed by atoms with E-state index in [2.05, 4.69) is 54.5 Å². The Morgan fingerprint density at radius 3 is 2.46 bits per heavy atom. The molecule has 0 radical (unpaired) electrons. The van der Waals surface area contributed by atoms with E-state index in [1.807, 2.05) is 23.2 Å². The molecule has 4 N–H and O–H groups in total. The van der Waals surface area contributed by atoms with Gasteiger partial charge in [-0.1, -0.05) is 12.5 Å². The highest BCUT2D eigenvalue weighted by atomic mass is 16.5. The number of carbonyl (C=O) groups excluding carboxylic acids is 6. The van der Waals surface area contributed by atoms with Crippen LogP contribution in [0.5, 0.6) is 0 Å². The molecule has 4 aliphatic rings. The van der Waals surface area contributed by atoms with Gasteiger partial charge in [0.2, 0.25) is 23.7 Å². The van der Waals surface area contributed by atoms with Crippen LogP contribution in [0.15, 0.2) is 48.9 Å². The largest absolute Gasteiger partial charge is 0.384 e. The Morgan fingerprint density at radius 1 is 0.921 bits per heavy atom. The molecule has 1 unspecified atom stereocenters. The zero-order valence-corrected chi connectivity index (χ0v) is 36.0. The van der Waals surface area contributed by atoms with E-state index in [-0.39, 0.29) is 54.0 Å². The molecule has 3 aromatic heterocycles. The van der Waals surface area contributed by atoms with Gasteiger partial charge in [-0.3, -0.25) is 39.0 Å². The smallest absolute Gasteiger partial charge is 0.264 e. The Hall–Kier alpha value is -6.43. The van der Waals surface area contributed by atoms with E-state index in [4.69, 9.17) is 9.72 Å². The molecule has 18 heteroatoms. The maximum Gasteiger partial charge on any atom is 0.264 e. The first kappa shape index (κ1) is 43.2. The van der Waals surface area contributed by atoms with Crippen LogP contribution in [0.4, 0.5) is 23.3 Å². The van der Waals surface area contributed by atoms with E-state index in [0.29, 0.717) is 74.2 Å². The van der Waals surface area contributed by atoms with Crippen LogP contribution in [0.3, 0.4) is 0 Å². The van der Waals surface area contributed by atoms with E-state index in [0.717, 1.165) is 54.6 Å². The summed E-state index contributed by atoms with van der Waals surface area (Å²) in [6, 6.07) is 7.75. The molecule has 8 rings (SSSR count). The average Bonchev–Trinajstić information content (AvgIpc) is 3.79. The standard InChI is InChI=1S/C45H55N11O7/c1-27(2)55-26-32(31-25-48-37(24-35(31)55)50-36-13-19-47-45(51-36)54-22-16-29(63-3)17-23-54)41(59)49-28-14-20-53(21-15-28)39(58)10-5-4-6-18-46-33-9-7-8-30-40(33)44(62)56(43(30)61)34-11-12-38(57)52-42(34)60/h7-9,13,19,24-29,34,46H,4-6,10-12,14-18,20-23H2,1-3H3,(H,49,59)(H,52,57,60)(H,47,48,50,51). The lowest BCUT2D eigenvalue weighted by molar-refractivity contribution is -0.136. The number of piperidine rings is 3. The number of amides is 6. The summed E-state index contributed by atoms with van der Waals surface area (Å²) in [5.41, 5.74) is 2.41. The summed E-state index contributed by atoms with van der Waals surface area (Å²) in [7, 11) is 1.75. The summed E-state index contributed by atoms with van der Waals surface area (Å²) in [6.45, 7) is 7.46. The first-order valence-corrected chi connectivity index (χ1v) is 22.0. The van der Waals surface area contributed by atoms with Crippen molar-refractivity contribution in [2.24, 2.45) is 0 Å². The van der Waals surface area contributed by atoms with Crippen molar-refractivity contribution in [3.63, 3.8) is 0 Å². The maximum absolute atomic E-state index is 13.7. The third kappa shape index (κ3) is 9.35. The molecule has 6 amide bonds. The topological polar surface area (TPSA) is 213 Å². The number of aromatic nitrogens is 4. The fraction of sp³-hybridized carbons (Fsp3) is 0.489. The number of ether oxygens (including phenoxy) is 1. The van der Waals surface area contributed by atoms with Crippen LogP contribution in [0.2, 0.25) is 0 Å². The minimum atomic E-state index is -1.02. The highest BCUT2D eigenvalue weighted by molar-refractivity contribution is 6.25. The number of hydrogen-bond donors (Lipinski definition) is 4. The molecule has 0 aliphatic carbocycles. The Morgan fingerprint density at radius 2 is 1.71 bits per heavy atom. The third-order valence-electron chi connectivity index (χ3n) is 12.5. The molecule has 4 aliphatic heterocycles. The molecule has 1 atom stereocenters. The van der Waals surface area contributed by atoms with Crippen LogP contribution in [0.1, 0.15) is 115 Å². The molecular weight excluding hydrogens is 807 g/mol. The summed E-state index contributed by atoms with van der Waals surface area (Å²) in [6.07, 6.45) is 11.6. The molecule has 63 heavy (non-hydrogen) atoms. The summed E-state index contributed by atoms with van der Waals surface area (Å²) >= 11 is 0. The van der Waals surface area contributed by atoms with Gasteiger partial charge in [-0.15, -0.1) is 0 Å². The van der Waals surface area contributed by atoms with Crippen molar-refractivity contribution < 1.29 is 33.5 Å². The number of fused-ring (bicyclic) bond motifs is 2. The SMILES string of the molecule is COC1CCN(c2nccc(Nc3cc4c(cn3)c(C(=O)NC3CCN(C(=O)CCCCCNc5cccc6c5C(=O)N(C5CCC(=O)NC5=O)C6=O)CC3)cn4C(C)C)n2)CC1. The Kier molecular flexibility index (Phi) is 13.0. The molecule has 0 saturated carbocycles. The minimum absolute atomic E-state index is 0.0590. The van der Waals surface area contributed by atoms with Crippen LogP contribution in [0, 0.1) is 0 Å². The predicted molar refractivity (Wildman–Crippen MR) is 235 cm³/mol. The molecular formula is C45H55N11O7. The fourth-order valence-corrected chi connectivity index (χ4v) is 8.97. The van der Waals surface area contributed by atoms with Gasteiger partial charge in [0.05, 0.1) is 28.3 Å². The number of unbranched alkanes of at least 4 members (excludes halogenated alkanes) is 2. The number of methoxy groups -OCH3 is 1. The highest BCUT2D eigenvalue weighted by Crippen LogP contribution is 2.33. The van der Waals surface area contributed by atoms with Crippen LogP contribution in [0.25, 0.3) is 10.9 Å². The Balaban J connectivity index is 0.782. The summed E-state index contributed by atoms with van der Waals surface area (Å²) in [5, 5.41) is 12.8. The van der Waals surface area contributed by atoms with Crippen molar-refractivity contribution in [2.45, 2.75) is 102 Å². The van der Waals surface area contributed by atoms with E-state index in [1.165, 1.54) is 0 Å². The quantitative estimate of drug-likeness (QED) is 0.0955. The molecule has 1 aromatic carbocycles. The van der Waals surface area contributed by atoms with Gasteiger partial charge in [-0.05, 0) is 77.0 Å². The van der Waals surface area contributed by atoms with Gasteiger partial charge in [0.15, 0.2) is 0 Å². The number of nitrogens with zero attached hydrogens (tertiary/aromatic N) is 7. The fourth-order valence-electron chi connectivity index (χ4n) is 8.97. The molecule has 7 heterocycles. The van der Waals surface area contributed by atoms with Crippen molar-refractivity contribution in [3.05, 3.63) is 65.6 Å². The Bertz CT molecular complexity index is 2400. The van der Waals surface area contributed by atoms with Gasteiger partial charge in [-0.2, -0.15) is 4.98 Å². The van der Waals surface area contributed by atoms with E-state index >= 15 is 0 Å². The van der Waals surface area contributed by atoms with Crippen molar-refractivity contribution in [1.82, 2.24) is 40.0 Å². The van der Waals surface area contributed by atoms with Gasteiger partial charge in [0.1, 0.15) is 17.7 Å². The molecule has 3 saturated heterocycles. The van der Waals surface area contributed by atoms with Gasteiger partial charge < -0.3 is 35.1 Å². The number of carbonyl (C=O) groups is 6. The Labute approximate surface area is 365 Å². The van der Waals surface area contributed by atoms with Crippen LogP contribution in [-0.2, 0) is 19.1 Å². The second-order valence-corrected chi connectivity index (χ2v) is 17.0. The second kappa shape index (κ2) is 18.9. The van der Waals surface area contributed by atoms with Gasteiger partial charge in [-0.25, -0.2) is 9.97 Å². The lowest BCUT2D eigenvalue weighted by Crippen LogP contribution is -2.54. The van der Waals surface area contributed by atoms with E-state index in [9.17, 15) is 28.8 Å². The monoisotopic (exact) mass is 861 g/mol. The lowest BCUT2D eigenvalue weighted by Gasteiger charge is -2.32. The molecule has 4 aromatic rings. The molecule has 3 fully saturated rings. The minimum Gasteiger partial charge on any atom is -0.384 e. The van der Waals surface area contributed by atoms with Gasteiger partial charge in [0.25, 0.3) is 17.7 Å². The number of rotatable bonds is 15. The average molecular weight is 862 g/mol. The zero-order valence-electron chi connectivity index (χ0n) is 36.0. The lowest BCUT2D eigenvalue weighted by atomic mass is 10.0. The molecule has 332 valence electrons. The van der Waals surface area contributed by atoms with Crippen molar-refractivity contribution >= 4 is 69.6 Å². The highest BCUT2D eigenvalue weighted by Gasteiger charge is 2.45. The maximum atomic E-state index is 13.7. The van der Waals surface area contributed by atoms with Crippen molar-refractivity contribution in [3.8, 4) is 0 Å². The molecule has 18 nitrogen and oxygen atoms in total. The number of pyridine rings is 1. The van der Waals surface area contributed by atoms with Crippen LogP contribution < -0.4 is 26.2 Å². The second-order valence-electron chi connectivity index (χ2n) is 17.0. The zero-order chi connectivity index (χ0) is 44.2. The van der Waals surface area contributed by atoms with Crippen LogP contribution >= 0.6 is 0 Å². The number of anilines is 4. The summed E-state index contributed by atoms with van der Waals surface area (Å²) in [4.78, 5) is 96.3. The number of imide groups is 2. The summed E-state index contributed by atoms with van der Waals surface area (Å²) < 4.78 is 7.59. The number of likely N-dealkylation sites (tertiary alicyclic amines) is 1. The van der Waals surface area contributed by atoms with Crippen molar-refractivity contribution in [1.29, 1.82) is 0 Å².